The lowest BCUT2D eigenvalue weighted by Crippen LogP contribution is -2.44. The average molecular weight is 355 g/mol. The van der Waals surface area contributed by atoms with E-state index in [1.807, 2.05) is 13.8 Å². The fourth-order valence-corrected chi connectivity index (χ4v) is 2.76. The SMILES string of the molecule is CCCN(CCC)C(=O)C(=O)NCCc1ccc(S(N)(=O)=O)cc1. The third-order valence-corrected chi connectivity index (χ3v) is 4.35. The number of primary sulfonamides is 1. The number of rotatable bonds is 8. The minimum Gasteiger partial charge on any atom is -0.347 e. The fraction of sp³-hybridized carbons (Fsp3) is 0.500. The molecule has 0 atom stereocenters. The molecule has 7 nitrogen and oxygen atoms in total. The molecule has 0 bridgehead atoms. The normalized spacial score (nSPS) is 11.1. The van der Waals surface area contributed by atoms with Gasteiger partial charge >= 0.3 is 11.8 Å². The highest BCUT2D eigenvalue weighted by Gasteiger charge is 2.19. The number of hydrogen-bond donors (Lipinski definition) is 2. The molecular weight excluding hydrogens is 330 g/mol. The molecule has 1 rings (SSSR count). The van der Waals surface area contributed by atoms with Gasteiger partial charge in [-0.3, -0.25) is 9.59 Å². The van der Waals surface area contributed by atoms with Gasteiger partial charge in [-0.25, -0.2) is 13.6 Å². The first-order chi connectivity index (χ1) is 11.3. The van der Waals surface area contributed by atoms with Crippen LogP contribution in [-0.4, -0.2) is 44.8 Å². The Morgan fingerprint density at radius 1 is 1.08 bits per heavy atom. The van der Waals surface area contributed by atoms with E-state index in [2.05, 4.69) is 5.32 Å². The molecule has 3 N–H and O–H groups in total. The third kappa shape index (κ3) is 6.29. The van der Waals surface area contributed by atoms with Gasteiger partial charge in [0.25, 0.3) is 0 Å². The highest BCUT2D eigenvalue weighted by atomic mass is 32.2. The second kappa shape index (κ2) is 9.39. The Morgan fingerprint density at radius 2 is 1.62 bits per heavy atom. The zero-order valence-corrected chi connectivity index (χ0v) is 14.9. The minimum absolute atomic E-state index is 0.0419. The minimum atomic E-state index is -3.71. The number of hydrogen-bond acceptors (Lipinski definition) is 4. The lowest BCUT2D eigenvalue weighted by molar-refractivity contribution is -0.145. The smallest absolute Gasteiger partial charge is 0.311 e. The second-order valence-electron chi connectivity index (χ2n) is 5.49. The summed E-state index contributed by atoms with van der Waals surface area (Å²) in [5.74, 6) is -1.12. The quantitative estimate of drug-likeness (QED) is 0.667. The molecule has 0 aliphatic heterocycles. The van der Waals surface area contributed by atoms with Gasteiger partial charge in [0.1, 0.15) is 0 Å². The van der Waals surface area contributed by atoms with E-state index in [4.69, 9.17) is 5.14 Å². The summed E-state index contributed by atoms with van der Waals surface area (Å²) in [6.45, 7) is 5.34. The van der Waals surface area contributed by atoms with Gasteiger partial charge in [0.2, 0.25) is 10.0 Å². The molecule has 1 aromatic rings. The van der Waals surface area contributed by atoms with Crippen LogP contribution in [0.3, 0.4) is 0 Å². The molecule has 0 saturated heterocycles. The number of amides is 2. The monoisotopic (exact) mass is 355 g/mol. The van der Waals surface area contributed by atoms with Crippen molar-refractivity contribution in [1.29, 1.82) is 0 Å². The molecule has 0 aromatic heterocycles. The van der Waals surface area contributed by atoms with E-state index in [9.17, 15) is 18.0 Å². The summed E-state index contributed by atoms with van der Waals surface area (Å²) in [4.78, 5) is 25.6. The van der Waals surface area contributed by atoms with E-state index in [0.717, 1.165) is 18.4 Å². The average Bonchev–Trinajstić information content (AvgIpc) is 2.53. The summed E-state index contributed by atoms with van der Waals surface area (Å²) in [7, 11) is -3.71. The molecule has 0 saturated carbocycles. The van der Waals surface area contributed by atoms with Crippen molar-refractivity contribution < 1.29 is 18.0 Å². The van der Waals surface area contributed by atoms with Crippen LogP contribution in [0.4, 0.5) is 0 Å². The summed E-state index contributed by atoms with van der Waals surface area (Å²) >= 11 is 0. The van der Waals surface area contributed by atoms with E-state index in [1.54, 1.807) is 17.0 Å². The molecule has 1 aromatic carbocycles. The van der Waals surface area contributed by atoms with Gasteiger partial charge in [0.05, 0.1) is 4.90 Å². The van der Waals surface area contributed by atoms with E-state index in [0.29, 0.717) is 26.1 Å². The number of nitrogens with one attached hydrogen (secondary N) is 1. The van der Waals surface area contributed by atoms with Crippen molar-refractivity contribution in [3.8, 4) is 0 Å². The molecule has 0 spiro atoms. The molecule has 0 unspecified atom stereocenters. The first-order valence-electron chi connectivity index (χ1n) is 7.98. The topological polar surface area (TPSA) is 110 Å². The zero-order valence-electron chi connectivity index (χ0n) is 14.1. The van der Waals surface area contributed by atoms with Crippen LogP contribution < -0.4 is 10.5 Å². The Kier molecular flexibility index (Phi) is 7.87. The van der Waals surface area contributed by atoms with Gasteiger partial charge in [-0.15, -0.1) is 0 Å². The maximum Gasteiger partial charge on any atom is 0.311 e. The van der Waals surface area contributed by atoms with Gasteiger partial charge in [-0.05, 0) is 37.0 Å². The Balaban J connectivity index is 2.51. The summed E-state index contributed by atoms with van der Waals surface area (Å²) in [6.07, 6.45) is 2.09. The Labute approximate surface area is 143 Å². The summed E-state index contributed by atoms with van der Waals surface area (Å²) in [6, 6.07) is 6.10. The molecule has 0 aliphatic carbocycles. The summed E-state index contributed by atoms with van der Waals surface area (Å²) in [5.41, 5.74) is 0.842. The number of benzene rings is 1. The van der Waals surface area contributed by atoms with Gasteiger partial charge in [0.15, 0.2) is 0 Å². The first kappa shape index (κ1) is 20.1. The maximum atomic E-state index is 12.1. The van der Waals surface area contributed by atoms with Crippen LogP contribution in [0.25, 0.3) is 0 Å². The highest BCUT2D eigenvalue weighted by molar-refractivity contribution is 7.89. The lowest BCUT2D eigenvalue weighted by atomic mass is 10.1. The molecule has 0 radical (unpaired) electrons. The van der Waals surface area contributed by atoms with Crippen LogP contribution in [0, 0.1) is 0 Å². The number of nitrogens with zero attached hydrogens (tertiary/aromatic N) is 1. The van der Waals surface area contributed by atoms with Crippen molar-refractivity contribution >= 4 is 21.8 Å². The summed E-state index contributed by atoms with van der Waals surface area (Å²) < 4.78 is 22.3. The Hall–Kier alpha value is -1.93. The molecular formula is C16H25N3O4S. The highest BCUT2D eigenvalue weighted by Crippen LogP contribution is 2.08. The van der Waals surface area contributed by atoms with Crippen LogP contribution in [0.5, 0.6) is 0 Å². The van der Waals surface area contributed by atoms with Crippen LogP contribution in [-0.2, 0) is 26.0 Å². The third-order valence-electron chi connectivity index (χ3n) is 3.42. The summed E-state index contributed by atoms with van der Waals surface area (Å²) in [5, 5.41) is 7.63. The van der Waals surface area contributed by atoms with Crippen molar-refractivity contribution in [2.24, 2.45) is 5.14 Å². The number of carbonyl (C=O) groups excluding carboxylic acids is 2. The fourth-order valence-electron chi connectivity index (χ4n) is 2.24. The standard InChI is InChI=1S/C16H25N3O4S/c1-3-11-19(12-4-2)16(21)15(20)18-10-9-13-5-7-14(8-6-13)24(17,22)23/h5-8H,3-4,9-12H2,1-2H3,(H,18,20)(H2,17,22,23). The van der Waals surface area contributed by atoms with Crippen LogP contribution >= 0.6 is 0 Å². The van der Waals surface area contributed by atoms with E-state index < -0.39 is 21.8 Å². The molecule has 24 heavy (non-hydrogen) atoms. The van der Waals surface area contributed by atoms with Crippen LogP contribution in [0.15, 0.2) is 29.2 Å². The van der Waals surface area contributed by atoms with E-state index in [-0.39, 0.29) is 4.90 Å². The van der Waals surface area contributed by atoms with Crippen molar-refractivity contribution in [2.45, 2.75) is 38.0 Å². The molecule has 8 heteroatoms. The molecule has 0 fully saturated rings. The number of carbonyl (C=O) groups is 2. The number of nitrogens with two attached hydrogens (primary N) is 1. The van der Waals surface area contributed by atoms with E-state index >= 15 is 0 Å². The van der Waals surface area contributed by atoms with Crippen LogP contribution in [0.1, 0.15) is 32.3 Å². The van der Waals surface area contributed by atoms with Crippen molar-refractivity contribution in [2.75, 3.05) is 19.6 Å². The van der Waals surface area contributed by atoms with Gasteiger partial charge in [-0.1, -0.05) is 26.0 Å². The Morgan fingerprint density at radius 3 is 2.08 bits per heavy atom. The Bertz CT molecular complexity index is 650. The van der Waals surface area contributed by atoms with Crippen molar-refractivity contribution in [3.05, 3.63) is 29.8 Å². The van der Waals surface area contributed by atoms with Gasteiger partial charge in [0, 0.05) is 19.6 Å². The van der Waals surface area contributed by atoms with Crippen LogP contribution in [0.2, 0.25) is 0 Å². The largest absolute Gasteiger partial charge is 0.347 e. The number of sulfonamides is 1. The maximum absolute atomic E-state index is 12.1. The van der Waals surface area contributed by atoms with Crippen molar-refractivity contribution in [1.82, 2.24) is 10.2 Å². The predicted molar refractivity (Wildman–Crippen MR) is 91.7 cm³/mol. The zero-order chi connectivity index (χ0) is 18.2. The van der Waals surface area contributed by atoms with Gasteiger partial charge in [-0.2, -0.15) is 0 Å². The van der Waals surface area contributed by atoms with Gasteiger partial charge < -0.3 is 10.2 Å². The lowest BCUT2D eigenvalue weighted by Gasteiger charge is -2.20. The first-order valence-corrected chi connectivity index (χ1v) is 9.53. The van der Waals surface area contributed by atoms with Crippen molar-refractivity contribution in [3.63, 3.8) is 0 Å². The predicted octanol–water partition coefficient (Wildman–Crippen LogP) is 0.641. The molecule has 2 amide bonds. The molecule has 0 aliphatic rings. The second-order valence-corrected chi connectivity index (χ2v) is 7.05. The van der Waals surface area contributed by atoms with E-state index in [1.165, 1.54) is 12.1 Å². The molecule has 134 valence electrons. The molecule has 0 heterocycles.